The second-order valence-corrected chi connectivity index (χ2v) is 4.78. The molecule has 0 radical (unpaired) electrons. The molecule has 2 aromatic heterocycles. The lowest BCUT2D eigenvalue weighted by Crippen LogP contribution is -2.05. The number of nitrogens with zero attached hydrogens (tertiary/aromatic N) is 4. The average molecular weight is 276 g/mol. The number of rotatable bonds is 7. The molecule has 0 aromatic carbocycles. The highest BCUT2D eigenvalue weighted by Gasteiger charge is 2.11. The normalized spacial score (nSPS) is 10.6. The molecule has 2 heterocycles. The number of hydrogen-bond donors (Lipinski definition) is 0. The van der Waals surface area contributed by atoms with Crippen LogP contribution < -0.4 is 0 Å². The molecule has 0 fully saturated rings. The van der Waals surface area contributed by atoms with Gasteiger partial charge in [0.15, 0.2) is 11.0 Å². The van der Waals surface area contributed by atoms with Gasteiger partial charge in [0.1, 0.15) is 6.61 Å². The minimum atomic E-state index is 0.449. The molecular formula is C13H16N4OS. The Bertz CT molecular complexity index is 527. The minimum Gasteiger partial charge on any atom is -0.377 e. The second-order valence-electron chi connectivity index (χ2n) is 3.84. The van der Waals surface area contributed by atoms with Gasteiger partial charge in [-0.2, -0.15) is 0 Å². The van der Waals surface area contributed by atoms with Crippen LogP contribution in [0.1, 0.15) is 11.5 Å². The van der Waals surface area contributed by atoms with Crippen LogP contribution in [0.3, 0.4) is 0 Å². The number of pyridine rings is 1. The fraction of sp³-hybridized carbons (Fsp3) is 0.308. The summed E-state index contributed by atoms with van der Waals surface area (Å²) in [6, 6.07) is 5.88. The van der Waals surface area contributed by atoms with Crippen LogP contribution in [-0.2, 0) is 23.6 Å². The maximum Gasteiger partial charge on any atom is 0.191 e. The SMILES string of the molecule is C=CCn1c(COC)nnc1SCc1ccccn1. The third-order valence-corrected chi connectivity index (χ3v) is 3.45. The zero-order valence-corrected chi connectivity index (χ0v) is 11.6. The van der Waals surface area contributed by atoms with Crippen molar-refractivity contribution in [2.24, 2.45) is 0 Å². The number of aromatic nitrogens is 4. The van der Waals surface area contributed by atoms with Crippen LogP contribution in [0.2, 0.25) is 0 Å². The third-order valence-electron chi connectivity index (χ3n) is 2.45. The summed E-state index contributed by atoms with van der Waals surface area (Å²) < 4.78 is 7.12. The summed E-state index contributed by atoms with van der Waals surface area (Å²) in [5.41, 5.74) is 1.02. The molecular weight excluding hydrogens is 260 g/mol. The Balaban J connectivity index is 2.09. The van der Waals surface area contributed by atoms with Crippen LogP contribution in [0.25, 0.3) is 0 Å². The van der Waals surface area contributed by atoms with Crippen molar-refractivity contribution < 1.29 is 4.74 Å². The fourth-order valence-corrected chi connectivity index (χ4v) is 2.48. The maximum absolute atomic E-state index is 5.11. The molecule has 0 bridgehead atoms. The van der Waals surface area contributed by atoms with Gasteiger partial charge in [-0.1, -0.05) is 23.9 Å². The van der Waals surface area contributed by atoms with Gasteiger partial charge < -0.3 is 9.30 Å². The molecule has 0 N–H and O–H groups in total. The largest absolute Gasteiger partial charge is 0.377 e. The van der Waals surface area contributed by atoms with Crippen molar-refractivity contribution in [3.05, 3.63) is 48.6 Å². The molecule has 100 valence electrons. The van der Waals surface area contributed by atoms with Crippen LogP contribution in [0.4, 0.5) is 0 Å². The number of thioether (sulfide) groups is 1. The van der Waals surface area contributed by atoms with Gasteiger partial charge in [0.25, 0.3) is 0 Å². The lowest BCUT2D eigenvalue weighted by molar-refractivity contribution is 0.174. The first kappa shape index (κ1) is 13.8. The zero-order valence-electron chi connectivity index (χ0n) is 10.8. The van der Waals surface area contributed by atoms with E-state index in [9.17, 15) is 0 Å². The third kappa shape index (κ3) is 3.65. The lowest BCUT2D eigenvalue weighted by atomic mass is 10.4. The van der Waals surface area contributed by atoms with Gasteiger partial charge in [0, 0.05) is 25.6 Å². The summed E-state index contributed by atoms with van der Waals surface area (Å²) in [6.07, 6.45) is 3.62. The van der Waals surface area contributed by atoms with Gasteiger partial charge in [-0.25, -0.2) is 0 Å². The van der Waals surface area contributed by atoms with Gasteiger partial charge in [-0.3, -0.25) is 4.98 Å². The lowest BCUT2D eigenvalue weighted by Gasteiger charge is -2.06. The number of hydrogen-bond acceptors (Lipinski definition) is 5. The first-order valence-corrected chi connectivity index (χ1v) is 6.88. The summed E-state index contributed by atoms with van der Waals surface area (Å²) in [5.74, 6) is 1.58. The number of allylic oxidation sites excluding steroid dienone is 1. The highest BCUT2D eigenvalue weighted by atomic mass is 32.2. The van der Waals surface area contributed by atoms with Crippen molar-refractivity contribution in [2.45, 2.75) is 24.1 Å². The number of ether oxygens (including phenoxy) is 1. The Hall–Kier alpha value is -1.66. The molecule has 0 saturated heterocycles. The monoisotopic (exact) mass is 276 g/mol. The molecule has 6 heteroatoms. The van der Waals surface area contributed by atoms with Crippen LogP contribution in [0.15, 0.2) is 42.2 Å². The summed E-state index contributed by atoms with van der Waals surface area (Å²) in [7, 11) is 1.65. The molecule has 2 rings (SSSR count). The van der Waals surface area contributed by atoms with E-state index >= 15 is 0 Å². The molecule has 0 unspecified atom stereocenters. The van der Waals surface area contributed by atoms with E-state index in [-0.39, 0.29) is 0 Å². The molecule has 0 aliphatic carbocycles. The number of methoxy groups -OCH3 is 1. The topological polar surface area (TPSA) is 52.8 Å². The van der Waals surface area contributed by atoms with E-state index in [0.29, 0.717) is 13.2 Å². The fourth-order valence-electron chi connectivity index (χ4n) is 1.60. The van der Waals surface area contributed by atoms with Gasteiger partial charge >= 0.3 is 0 Å². The summed E-state index contributed by atoms with van der Waals surface area (Å²) >= 11 is 1.61. The predicted octanol–water partition coefficient (Wildman–Crippen LogP) is 2.30. The minimum absolute atomic E-state index is 0.449. The smallest absolute Gasteiger partial charge is 0.191 e. The highest BCUT2D eigenvalue weighted by molar-refractivity contribution is 7.98. The van der Waals surface area contributed by atoms with E-state index in [1.54, 1.807) is 25.1 Å². The van der Waals surface area contributed by atoms with Crippen molar-refractivity contribution in [2.75, 3.05) is 7.11 Å². The van der Waals surface area contributed by atoms with E-state index in [2.05, 4.69) is 21.8 Å². The van der Waals surface area contributed by atoms with Gasteiger partial charge in [0.2, 0.25) is 0 Å². The summed E-state index contributed by atoms with van der Waals surface area (Å²) in [4.78, 5) is 4.29. The van der Waals surface area contributed by atoms with Crippen molar-refractivity contribution in [1.82, 2.24) is 19.7 Å². The Labute approximate surface area is 116 Å². The van der Waals surface area contributed by atoms with Crippen molar-refractivity contribution in [3.8, 4) is 0 Å². The molecule has 0 aliphatic rings. The van der Waals surface area contributed by atoms with Crippen LogP contribution in [0, 0.1) is 0 Å². The molecule has 2 aromatic rings. The summed E-state index contributed by atoms with van der Waals surface area (Å²) in [6.45, 7) is 4.88. The quantitative estimate of drug-likeness (QED) is 0.573. The van der Waals surface area contributed by atoms with Gasteiger partial charge in [-0.15, -0.1) is 16.8 Å². The molecule has 19 heavy (non-hydrogen) atoms. The standard InChI is InChI=1S/C13H16N4OS/c1-3-8-17-12(9-18-2)15-16-13(17)19-10-11-6-4-5-7-14-11/h3-7H,1,8-10H2,2H3. The molecule has 0 aliphatic heterocycles. The van der Waals surface area contributed by atoms with Crippen molar-refractivity contribution in [3.63, 3.8) is 0 Å². The van der Waals surface area contributed by atoms with Crippen LogP contribution >= 0.6 is 11.8 Å². The molecule has 0 saturated carbocycles. The molecule has 0 spiro atoms. The van der Waals surface area contributed by atoms with E-state index in [1.165, 1.54) is 0 Å². The first-order valence-electron chi connectivity index (χ1n) is 5.89. The van der Waals surface area contributed by atoms with Crippen LogP contribution in [0.5, 0.6) is 0 Å². The highest BCUT2D eigenvalue weighted by Crippen LogP contribution is 2.21. The van der Waals surface area contributed by atoms with E-state index in [4.69, 9.17) is 4.74 Å². The Morgan fingerprint density at radius 3 is 3.00 bits per heavy atom. The second kappa shape index (κ2) is 7.06. The predicted molar refractivity (Wildman–Crippen MR) is 74.7 cm³/mol. The molecule has 0 amide bonds. The molecule has 5 nitrogen and oxygen atoms in total. The van der Waals surface area contributed by atoms with Gasteiger partial charge in [0.05, 0.1) is 5.69 Å². The zero-order chi connectivity index (χ0) is 13.5. The van der Waals surface area contributed by atoms with Crippen LogP contribution in [-0.4, -0.2) is 26.9 Å². The Kier molecular flexibility index (Phi) is 5.11. The Morgan fingerprint density at radius 1 is 1.42 bits per heavy atom. The van der Waals surface area contributed by atoms with Gasteiger partial charge in [-0.05, 0) is 12.1 Å². The maximum atomic E-state index is 5.11. The van der Waals surface area contributed by atoms with Crippen molar-refractivity contribution >= 4 is 11.8 Å². The van der Waals surface area contributed by atoms with Crippen molar-refractivity contribution in [1.29, 1.82) is 0 Å². The average Bonchev–Trinajstić information content (AvgIpc) is 2.81. The van der Waals surface area contributed by atoms with E-state index in [0.717, 1.165) is 22.4 Å². The van der Waals surface area contributed by atoms with E-state index in [1.807, 2.05) is 28.8 Å². The Morgan fingerprint density at radius 2 is 2.32 bits per heavy atom. The molecule has 0 atom stereocenters. The van der Waals surface area contributed by atoms with E-state index < -0.39 is 0 Å². The first-order chi connectivity index (χ1) is 9.35. The summed E-state index contributed by atoms with van der Waals surface area (Å²) in [5, 5.41) is 9.18.